The van der Waals surface area contributed by atoms with Crippen molar-refractivity contribution in [2.75, 3.05) is 11.9 Å². The first-order valence-corrected chi connectivity index (χ1v) is 6.36. The third-order valence-corrected chi connectivity index (χ3v) is 2.45. The topological polar surface area (TPSA) is 122 Å². The van der Waals surface area contributed by atoms with Crippen LogP contribution < -0.4 is 16.4 Å². The van der Waals surface area contributed by atoms with E-state index >= 15 is 0 Å². The molecule has 0 heterocycles. The van der Waals surface area contributed by atoms with Gasteiger partial charge >= 0.3 is 5.97 Å². The quantitative estimate of drug-likeness (QED) is 0.611. The van der Waals surface area contributed by atoms with Crippen LogP contribution in [0.3, 0.4) is 0 Å². The third kappa shape index (κ3) is 6.53. The molecule has 0 unspecified atom stereocenters. The van der Waals surface area contributed by atoms with Gasteiger partial charge in [0, 0.05) is 23.2 Å². The van der Waals surface area contributed by atoms with Gasteiger partial charge in [-0.15, -0.1) is 0 Å². The van der Waals surface area contributed by atoms with E-state index in [0.29, 0.717) is 11.3 Å². The number of nitrogens with one attached hydrogen (secondary N) is 2. The fourth-order valence-corrected chi connectivity index (χ4v) is 1.58. The summed E-state index contributed by atoms with van der Waals surface area (Å²) in [5.41, 5.74) is 6.01. The predicted octanol–water partition coefficient (Wildman–Crippen LogP) is 0.567. The highest BCUT2D eigenvalue weighted by atomic mass is 16.4. The molecule has 0 fully saturated rings. The van der Waals surface area contributed by atoms with Crippen molar-refractivity contribution in [3.63, 3.8) is 0 Å². The number of amides is 2. The maximum atomic E-state index is 11.7. The number of carboxylic acid groups (broad SMARTS) is 1. The lowest BCUT2D eigenvalue weighted by molar-refractivity contribution is -0.135. The number of carboxylic acids is 1. The van der Waals surface area contributed by atoms with Crippen LogP contribution in [0, 0.1) is 0 Å². The number of carbonyl (C=O) groups excluding carboxylic acids is 2. The van der Waals surface area contributed by atoms with Gasteiger partial charge in [-0.05, 0) is 38.1 Å². The van der Waals surface area contributed by atoms with Crippen molar-refractivity contribution >= 4 is 23.5 Å². The summed E-state index contributed by atoms with van der Waals surface area (Å²) in [4.78, 5) is 33.6. The van der Waals surface area contributed by atoms with E-state index in [-0.39, 0.29) is 12.3 Å². The van der Waals surface area contributed by atoms with Crippen molar-refractivity contribution < 1.29 is 19.5 Å². The summed E-state index contributed by atoms with van der Waals surface area (Å²) in [6, 6.07) is 6.13. The molecule has 7 nitrogen and oxygen atoms in total. The number of anilines is 1. The van der Waals surface area contributed by atoms with Crippen LogP contribution in [0.1, 0.15) is 30.6 Å². The van der Waals surface area contributed by atoms with Gasteiger partial charge in [0.2, 0.25) is 5.91 Å². The monoisotopic (exact) mass is 293 g/mol. The molecule has 2 amide bonds. The Balaban J connectivity index is 2.60. The summed E-state index contributed by atoms with van der Waals surface area (Å²) in [7, 11) is 0. The van der Waals surface area contributed by atoms with Gasteiger partial charge in [0.25, 0.3) is 5.91 Å². The minimum Gasteiger partial charge on any atom is -0.480 e. The maximum Gasteiger partial charge on any atom is 0.322 e. The van der Waals surface area contributed by atoms with E-state index in [9.17, 15) is 14.4 Å². The zero-order chi connectivity index (χ0) is 16.0. The molecule has 0 atom stereocenters. The second-order valence-electron chi connectivity index (χ2n) is 5.37. The number of hydrogen-bond acceptors (Lipinski definition) is 4. The molecule has 0 saturated heterocycles. The number of hydrogen-bond donors (Lipinski definition) is 4. The Morgan fingerprint density at radius 1 is 1.19 bits per heavy atom. The Morgan fingerprint density at radius 3 is 2.24 bits per heavy atom. The predicted molar refractivity (Wildman–Crippen MR) is 77.9 cm³/mol. The molecule has 0 aliphatic rings. The highest BCUT2D eigenvalue weighted by molar-refractivity contribution is 5.97. The third-order valence-electron chi connectivity index (χ3n) is 2.45. The molecule has 0 aliphatic carbocycles. The molecule has 5 N–H and O–H groups in total. The zero-order valence-corrected chi connectivity index (χ0v) is 12.0. The summed E-state index contributed by atoms with van der Waals surface area (Å²) >= 11 is 0. The standard InChI is InChI=1S/C14H19N3O4/c1-14(2,15)7-11(18)17-10-5-3-9(4-6-10)13(21)16-8-12(19)20/h3-6H,7-8,15H2,1-2H3,(H,16,21)(H,17,18)(H,19,20). The highest BCUT2D eigenvalue weighted by Gasteiger charge is 2.16. The Morgan fingerprint density at radius 2 is 1.76 bits per heavy atom. The molecule has 1 rings (SSSR count). The molecule has 0 bridgehead atoms. The van der Waals surface area contributed by atoms with Crippen LogP contribution in [0.5, 0.6) is 0 Å². The first-order chi connectivity index (χ1) is 9.67. The average Bonchev–Trinajstić information content (AvgIpc) is 2.34. The number of benzene rings is 1. The van der Waals surface area contributed by atoms with Gasteiger partial charge in [-0.2, -0.15) is 0 Å². The van der Waals surface area contributed by atoms with Crippen LogP contribution in [0.25, 0.3) is 0 Å². The van der Waals surface area contributed by atoms with Crippen LogP contribution in [-0.2, 0) is 9.59 Å². The van der Waals surface area contributed by atoms with Gasteiger partial charge in [0.05, 0.1) is 0 Å². The highest BCUT2D eigenvalue weighted by Crippen LogP contribution is 2.12. The molecule has 114 valence electrons. The van der Waals surface area contributed by atoms with E-state index in [2.05, 4.69) is 10.6 Å². The van der Waals surface area contributed by atoms with Gasteiger partial charge in [-0.1, -0.05) is 0 Å². The second-order valence-corrected chi connectivity index (χ2v) is 5.37. The van der Waals surface area contributed by atoms with Gasteiger partial charge < -0.3 is 21.5 Å². The van der Waals surface area contributed by atoms with Gasteiger partial charge in [0.1, 0.15) is 6.54 Å². The molecule has 0 saturated carbocycles. The van der Waals surface area contributed by atoms with Crippen molar-refractivity contribution in [1.82, 2.24) is 5.32 Å². The molecule has 0 spiro atoms. The minimum absolute atomic E-state index is 0.174. The van der Waals surface area contributed by atoms with Crippen molar-refractivity contribution in [2.24, 2.45) is 5.73 Å². The molecule has 7 heteroatoms. The molecule has 0 aliphatic heterocycles. The van der Waals surface area contributed by atoms with Crippen LogP contribution in [0.2, 0.25) is 0 Å². The van der Waals surface area contributed by atoms with Gasteiger partial charge in [-0.25, -0.2) is 0 Å². The largest absolute Gasteiger partial charge is 0.480 e. The van der Waals surface area contributed by atoms with E-state index in [1.165, 1.54) is 12.1 Å². The van der Waals surface area contributed by atoms with E-state index in [1.54, 1.807) is 26.0 Å². The number of rotatable bonds is 6. The van der Waals surface area contributed by atoms with E-state index in [0.717, 1.165) is 0 Å². The lowest BCUT2D eigenvalue weighted by Gasteiger charge is -2.17. The van der Waals surface area contributed by atoms with Crippen molar-refractivity contribution in [2.45, 2.75) is 25.8 Å². The molecular formula is C14H19N3O4. The van der Waals surface area contributed by atoms with Gasteiger partial charge in [0.15, 0.2) is 0 Å². The molecule has 0 aromatic heterocycles. The Hall–Kier alpha value is -2.41. The fraction of sp³-hybridized carbons (Fsp3) is 0.357. The smallest absolute Gasteiger partial charge is 0.322 e. The average molecular weight is 293 g/mol. The Kier molecular flexibility index (Phi) is 5.43. The van der Waals surface area contributed by atoms with Crippen LogP contribution in [0.4, 0.5) is 5.69 Å². The summed E-state index contributed by atoms with van der Waals surface area (Å²) in [6.07, 6.45) is 0.174. The normalized spacial score (nSPS) is 10.8. The number of aliphatic carboxylic acids is 1. The summed E-state index contributed by atoms with van der Waals surface area (Å²) in [6.45, 7) is 3.06. The first kappa shape index (κ1) is 16.6. The van der Waals surface area contributed by atoms with Gasteiger partial charge in [-0.3, -0.25) is 14.4 Å². The number of nitrogens with two attached hydrogens (primary N) is 1. The second kappa shape index (κ2) is 6.85. The molecule has 21 heavy (non-hydrogen) atoms. The molecule has 1 aromatic carbocycles. The van der Waals surface area contributed by atoms with Crippen LogP contribution >= 0.6 is 0 Å². The molecular weight excluding hydrogens is 274 g/mol. The van der Waals surface area contributed by atoms with Crippen molar-refractivity contribution in [1.29, 1.82) is 0 Å². The lowest BCUT2D eigenvalue weighted by Crippen LogP contribution is -2.36. The maximum absolute atomic E-state index is 11.7. The van der Waals surface area contributed by atoms with Crippen molar-refractivity contribution in [3.8, 4) is 0 Å². The minimum atomic E-state index is -1.11. The van der Waals surface area contributed by atoms with Crippen LogP contribution in [-0.4, -0.2) is 35.0 Å². The summed E-state index contributed by atoms with van der Waals surface area (Å²) in [5.74, 6) is -1.82. The number of carbonyl (C=O) groups is 3. The molecule has 1 aromatic rings. The Labute approximate surface area is 122 Å². The molecule has 0 radical (unpaired) electrons. The zero-order valence-electron chi connectivity index (χ0n) is 12.0. The first-order valence-electron chi connectivity index (χ1n) is 6.36. The van der Waals surface area contributed by atoms with Crippen LogP contribution in [0.15, 0.2) is 24.3 Å². The SMILES string of the molecule is CC(C)(N)CC(=O)Nc1ccc(C(=O)NCC(=O)O)cc1. The van der Waals surface area contributed by atoms with Crippen molar-refractivity contribution in [3.05, 3.63) is 29.8 Å². The summed E-state index contributed by atoms with van der Waals surface area (Å²) in [5, 5.41) is 13.4. The lowest BCUT2D eigenvalue weighted by atomic mass is 10.0. The summed E-state index contributed by atoms with van der Waals surface area (Å²) < 4.78 is 0. The van der Waals surface area contributed by atoms with E-state index < -0.39 is 24.0 Å². The fourth-order valence-electron chi connectivity index (χ4n) is 1.58. The van der Waals surface area contributed by atoms with E-state index in [4.69, 9.17) is 10.8 Å². The Bertz CT molecular complexity index is 532. The van der Waals surface area contributed by atoms with E-state index in [1.807, 2.05) is 0 Å².